The van der Waals surface area contributed by atoms with Gasteiger partial charge in [0.05, 0.1) is 6.34 Å². The second-order valence-electron chi connectivity index (χ2n) is 2.86. The largest absolute Gasteiger partial charge is 0.383 e. The molecule has 76 valence electrons. The van der Waals surface area contributed by atoms with Gasteiger partial charge in [-0.3, -0.25) is 0 Å². The number of methoxy groups -OCH3 is 2. The Kier molecular flexibility index (Phi) is 1.79. The summed E-state index contributed by atoms with van der Waals surface area (Å²) in [6.45, 7) is 0. The molecule has 0 aromatic carbocycles. The van der Waals surface area contributed by atoms with Gasteiger partial charge in [-0.15, -0.1) is 0 Å². The van der Waals surface area contributed by atoms with E-state index in [-0.39, 0.29) is 5.84 Å². The number of rotatable bonds is 2. The number of hydrogen-bond acceptors (Lipinski definition) is 7. The third-order valence-electron chi connectivity index (χ3n) is 2.35. The van der Waals surface area contributed by atoms with Crippen LogP contribution in [0.4, 0.5) is 0 Å². The van der Waals surface area contributed by atoms with Crippen LogP contribution in [-0.2, 0) is 9.47 Å². The van der Waals surface area contributed by atoms with E-state index in [4.69, 9.17) is 15.2 Å². The highest BCUT2D eigenvalue weighted by Gasteiger charge is 2.61. The Bertz CT molecular complexity index is 339. The van der Waals surface area contributed by atoms with Crippen LogP contribution in [-0.4, -0.2) is 44.3 Å². The second kappa shape index (κ2) is 2.76. The van der Waals surface area contributed by atoms with Crippen LogP contribution in [0.3, 0.4) is 0 Å². The van der Waals surface area contributed by atoms with E-state index >= 15 is 0 Å². The monoisotopic (exact) mass is 197 g/mol. The fraction of sp³-hybridized carbons (Fsp3) is 0.571. The van der Waals surface area contributed by atoms with Gasteiger partial charge in [-0.2, -0.15) is 0 Å². The highest BCUT2D eigenvalue weighted by atomic mass is 16.6. The summed E-state index contributed by atoms with van der Waals surface area (Å²) in [6.07, 6.45) is 2.75. The lowest BCUT2D eigenvalue weighted by molar-refractivity contribution is -0.139. The van der Waals surface area contributed by atoms with Gasteiger partial charge < -0.3 is 20.5 Å². The molecule has 7 nitrogen and oxygen atoms in total. The van der Waals surface area contributed by atoms with E-state index in [0.29, 0.717) is 0 Å². The summed E-state index contributed by atoms with van der Waals surface area (Å²) < 4.78 is 10.5. The maximum atomic E-state index is 5.74. The zero-order valence-corrected chi connectivity index (χ0v) is 7.89. The first kappa shape index (κ1) is 9.10. The Morgan fingerprint density at radius 2 is 2.14 bits per heavy atom. The summed E-state index contributed by atoms with van der Waals surface area (Å²) in [6, 6.07) is 0. The maximum absolute atomic E-state index is 5.74. The van der Waals surface area contributed by atoms with Gasteiger partial charge in [0, 0.05) is 14.2 Å². The molecular weight excluding hydrogens is 186 g/mol. The van der Waals surface area contributed by atoms with E-state index in [0.717, 1.165) is 0 Å². The van der Waals surface area contributed by atoms with Crippen molar-refractivity contribution in [3.63, 3.8) is 0 Å². The highest BCUT2D eigenvalue weighted by Crippen LogP contribution is 2.34. The van der Waals surface area contributed by atoms with Crippen molar-refractivity contribution in [1.82, 2.24) is 5.32 Å². The van der Waals surface area contributed by atoms with Gasteiger partial charge in [-0.1, -0.05) is 0 Å². The summed E-state index contributed by atoms with van der Waals surface area (Å²) in [7, 11) is 2.96. The molecule has 0 aliphatic carbocycles. The predicted octanol–water partition coefficient (Wildman–Crippen LogP) is -1.34. The normalized spacial score (nSPS) is 39.1. The first-order valence-corrected chi connectivity index (χ1v) is 4.00. The van der Waals surface area contributed by atoms with Crippen molar-refractivity contribution in [1.29, 1.82) is 0 Å². The van der Waals surface area contributed by atoms with Crippen LogP contribution < -0.4 is 11.1 Å². The van der Waals surface area contributed by atoms with Crippen LogP contribution in [0.15, 0.2) is 15.0 Å². The zero-order valence-electron chi connectivity index (χ0n) is 7.89. The van der Waals surface area contributed by atoms with Gasteiger partial charge in [0.15, 0.2) is 5.84 Å². The molecule has 0 saturated heterocycles. The van der Waals surface area contributed by atoms with E-state index in [1.165, 1.54) is 26.9 Å². The van der Waals surface area contributed by atoms with Gasteiger partial charge in [0.1, 0.15) is 6.34 Å². The molecule has 0 saturated carbocycles. The van der Waals surface area contributed by atoms with E-state index < -0.39 is 11.6 Å². The van der Waals surface area contributed by atoms with Crippen LogP contribution in [0.2, 0.25) is 0 Å². The molecule has 0 bridgehead atoms. The second-order valence-corrected chi connectivity index (χ2v) is 2.86. The Labute approximate surface area is 80.7 Å². The number of nitrogens with zero attached hydrogens (tertiary/aromatic N) is 3. The SMILES string of the molecule is COC12N=CN=C(N)C1(OC)NC=N2. The molecule has 2 atom stereocenters. The summed E-state index contributed by atoms with van der Waals surface area (Å²) >= 11 is 0. The van der Waals surface area contributed by atoms with Crippen molar-refractivity contribution >= 4 is 18.5 Å². The lowest BCUT2D eigenvalue weighted by Crippen LogP contribution is -2.67. The van der Waals surface area contributed by atoms with Crippen molar-refractivity contribution in [2.24, 2.45) is 20.7 Å². The summed E-state index contributed by atoms with van der Waals surface area (Å²) in [5.74, 6) is -0.970. The smallest absolute Gasteiger partial charge is 0.317 e. The molecule has 0 aromatic rings. The predicted molar refractivity (Wildman–Crippen MR) is 51.2 cm³/mol. The van der Waals surface area contributed by atoms with Crippen LogP contribution in [0.25, 0.3) is 0 Å². The fourth-order valence-corrected chi connectivity index (χ4v) is 1.57. The number of amidine groups is 1. The first-order chi connectivity index (χ1) is 6.71. The Hall–Kier alpha value is -1.47. The number of nitrogens with two attached hydrogens (primary N) is 1. The molecule has 2 aliphatic rings. The van der Waals surface area contributed by atoms with Crippen molar-refractivity contribution in [2.75, 3.05) is 14.2 Å². The van der Waals surface area contributed by atoms with Crippen molar-refractivity contribution in [3.05, 3.63) is 0 Å². The van der Waals surface area contributed by atoms with Gasteiger partial charge in [-0.05, 0) is 0 Å². The molecule has 2 heterocycles. The molecule has 0 fully saturated rings. The van der Waals surface area contributed by atoms with E-state index in [9.17, 15) is 0 Å². The molecule has 3 N–H and O–H groups in total. The van der Waals surface area contributed by atoms with Crippen LogP contribution in [0.1, 0.15) is 0 Å². The first-order valence-electron chi connectivity index (χ1n) is 4.00. The Morgan fingerprint density at radius 3 is 2.71 bits per heavy atom. The Morgan fingerprint density at radius 1 is 1.36 bits per heavy atom. The minimum atomic E-state index is -1.20. The van der Waals surface area contributed by atoms with Crippen molar-refractivity contribution in [3.8, 4) is 0 Å². The lowest BCUT2D eigenvalue weighted by atomic mass is 10.1. The van der Waals surface area contributed by atoms with Crippen LogP contribution >= 0.6 is 0 Å². The molecule has 0 radical (unpaired) electrons. The van der Waals surface area contributed by atoms with Gasteiger partial charge in [-0.25, -0.2) is 15.0 Å². The number of fused-ring (bicyclic) bond motifs is 1. The van der Waals surface area contributed by atoms with Gasteiger partial charge in [0.2, 0.25) is 0 Å². The van der Waals surface area contributed by atoms with E-state index in [2.05, 4.69) is 20.3 Å². The fourth-order valence-electron chi connectivity index (χ4n) is 1.57. The average molecular weight is 197 g/mol. The molecule has 14 heavy (non-hydrogen) atoms. The zero-order chi connectivity index (χ0) is 10.2. The number of ether oxygens (including phenoxy) is 2. The molecule has 2 aliphatic heterocycles. The summed E-state index contributed by atoms with van der Waals surface area (Å²) in [4.78, 5) is 12.0. The quantitative estimate of drug-likeness (QED) is 0.573. The maximum Gasteiger partial charge on any atom is 0.317 e. The molecular formula is C7H11N5O2. The standard InChI is InChI=1S/C7H11N5O2/c1-13-6-5(8)9-3-11-7(6,14-2)12-4-10-6/h3-4H,1-2H3,(H,10,12)(H2,8,9,11). The number of hydrogen-bond donors (Lipinski definition) is 2. The molecule has 7 heteroatoms. The minimum absolute atomic E-state index is 0.231. The van der Waals surface area contributed by atoms with E-state index in [1.54, 1.807) is 0 Å². The number of nitrogens with one attached hydrogen (secondary N) is 1. The summed E-state index contributed by atoms with van der Waals surface area (Å²) in [5.41, 5.74) is 4.61. The molecule has 0 amide bonds. The molecule has 0 spiro atoms. The minimum Gasteiger partial charge on any atom is -0.383 e. The Balaban J connectivity index is 2.52. The van der Waals surface area contributed by atoms with E-state index in [1.807, 2.05) is 0 Å². The highest BCUT2D eigenvalue weighted by molar-refractivity contribution is 5.99. The van der Waals surface area contributed by atoms with Crippen molar-refractivity contribution < 1.29 is 9.47 Å². The van der Waals surface area contributed by atoms with Crippen LogP contribution in [0, 0.1) is 0 Å². The summed E-state index contributed by atoms with van der Waals surface area (Å²) in [5, 5.41) is 2.85. The topological polar surface area (TPSA) is 93.6 Å². The lowest BCUT2D eigenvalue weighted by Gasteiger charge is -2.38. The van der Waals surface area contributed by atoms with Crippen LogP contribution in [0.5, 0.6) is 0 Å². The molecule has 2 unspecified atom stereocenters. The van der Waals surface area contributed by atoms with Gasteiger partial charge >= 0.3 is 5.85 Å². The molecule has 0 aromatic heterocycles. The molecule has 2 rings (SSSR count). The van der Waals surface area contributed by atoms with Crippen molar-refractivity contribution in [2.45, 2.75) is 11.6 Å². The third-order valence-corrected chi connectivity index (χ3v) is 2.35. The average Bonchev–Trinajstić information content (AvgIpc) is 2.59. The van der Waals surface area contributed by atoms with Gasteiger partial charge in [0.25, 0.3) is 5.72 Å². The number of aliphatic imine (C=N–C) groups is 3. The third kappa shape index (κ3) is 0.802.